The second-order valence-corrected chi connectivity index (χ2v) is 7.59. The van der Waals surface area contributed by atoms with Gasteiger partial charge in [0.15, 0.2) is 23.2 Å². The molecule has 0 unspecified atom stereocenters. The predicted molar refractivity (Wildman–Crippen MR) is 112 cm³/mol. The zero-order valence-electron chi connectivity index (χ0n) is 17.0. The number of nitrogen functional groups attached to an aromatic ring is 1. The predicted octanol–water partition coefficient (Wildman–Crippen LogP) is 0.812. The molecular formula is C21H27N5O5. The smallest absolute Gasteiger partial charge is 0.320 e. The van der Waals surface area contributed by atoms with Crippen LogP contribution in [0.5, 0.6) is 6.01 Å². The van der Waals surface area contributed by atoms with E-state index in [4.69, 9.17) is 15.2 Å². The van der Waals surface area contributed by atoms with Crippen LogP contribution in [0.15, 0.2) is 36.7 Å². The van der Waals surface area contributed by atoms with Crippen LogP contribution < -0.4 is 10.5 Å². The highest BCUT2D eigenvalue weighted by atomic mass is 16.6. The minimum Gasteiger partial charge on any atom is -0.463 e. The Kier molecular flexibility index (Phi) is 6.62. The molecular weight excluding hydrogens is 402 g/mol. The summed E-state index contributed by atoms with van der Waals surface area (Å²) in [6.07, 6.45) is 1.02. The molecule has 4 rings (SSSR count). The Morgan fingerprint density at radius 1 is 1.06 bits per heavy atom. The first-order valence-electron chi connectivity index (χ1n) is 10.4. The van der Waals surface area contributed by atoms with Gasteiger partial charge >= 0.3 is 6.01 Å². The van der Waals surface area contributed by atoms with Crippen LogP contribution >= 0.6 is 0 Å². The molecule has 0 radical (unpaired) electrons. The third-order valence-electron chi connectivity index (χ3n) is 5.40. The van der Waals surface area contributed by atoms with Crippen LogP contribution in [0.1, 0.15) is 31.1 Å². The molecule has 4 atom stereocenters. The number of rotatable bonds is 9. The molecule has 31 heavy (non-hydrogen) atoms. The Hall–Kier alpha value is -2.79. The van der Waals surface area contributed by atoms with E-state index in [0.717, 1.165) is 25.7 Å². The average molecular weight is 429 g/mol. The minimum atomic E-state index is -1.25. The molecule has 1 fully saturated rings. The van der Waals surface area contributed by atoms with Gasteiger partial charge < -0.3 is 30.5 Å². The van der Waals surface area contributed by atoms with Gasteiger partial charge in [-0.3, -0.25) is 4.57 Å². The van der Waals surface area contributed by atoms with Crippen molar-refractivity contribution in [2.75, 3.05) is 18.9 Å². The minimum absolute atomic E-state index is 0.113. The molecule has 1 saturated heterocycles. The second kappa shape index (κ2) is 9.56. The van der Waals surface area contributed by atoms with Crippen molar-refractivity contribution < 1.29 is 24.8 Å². The topological polar surface area (TPSA) is 149 Å². The number of nitrogens with zero attached hydrogens (tertiary/aromatic N) is 4. The lowest BCUT2D eigenvalue weighted by molar-refractivity contribution is -0.0511. The Morgan fingerprint density at radius 2 is 1.87 bits per heavy atom. The van der Waals surface area contributed by atoms with Crippen LogP contribution in [0.25, 0.3) is 11.2 Å². The van der Waals surface area contributed by atoms with Crippen LogP contribution in [0.4, 0.5) is 5.82 Å². The van der Waals surface area contributed by atoms with E-state index in [-0.39, 0.29) is 11.8 Å². The number of hydrogen-bond acceptors (Lipinski definition) is 9. The summed E-state index contributed by atoms with van der Waals surface area (Å²) >= 11 is 0. The molecule has 0 spiro atoms. The zero-order valence-corrected chi connectivity index (χ0v) is 17.0. The first-order valence-corrected chi connectivity index (χ1v) is 10.4. The number of aliphatic hydroxyl groups excluding tert-OH is 3. The number of aliphatic hydroxyl groups is 3. The molecule has 0 amide bonds. The van der Waals surface area contributed by atoms with Crippen molar-refractivity contribution in [3.63, 3.8) is 0 Å². The van der Waals surface area contributed by atoms with Crippen LogP contribution in [0, 0.1) is 0 Å². The normalized spacial score (nSPS) is 23.5. The van der Waals surface area contributed by atoms with Crippen LogP contribution in [0.2, 0.25) is 0 Å². The van der Waals surface area contributed by atoms with Gasteiger partial charge in [-0.25, -0.2) is 4.98 Å². The average Bonchev–Trinajstić information content (AvgIpc) is 3.32. The highest BCUT2D eigenvalue weighted by molar-refractivity contribution is 5.82. The summed E-state index contributed by atoms with van der Waals surface area (Å²) in [4.78, 5) is 12.7. The van der Waals surface area contributed by atoms with Gasteiger partial charge in [-0.2, -0.15) is 9.97 Å². The Labute approximate surface area is 179 Å². The second-order valence-electron chi connectivity index (χ2n) is 7.59. The maximum Gasteiger partial charge on any atom is 0.320 e. The molecule has 0 bridgehead atoms. The molecule has 1 aliphatic rings. The van der Waals surface area contributed by atoms with E-state index in [1.54, 1.807) is 0 Å². The highest BCUT2D eigenvalue weighted by Gasteiger charge is 2.44. The van der Waals surface area contributed by atoms with Gasteiger partial charge in [-0.1, -0.05) is 30.3 Å². The Bertz CT molecular complexity index is 998. The van der Waals surface area contributed by atoms with Crippen molar-refractivity contribution in [3.8, 4) is 6.01 Å². The number of aromatic nitrogens is 4. The summed E-state index contributed by atoms with van der Waals surface area (Å²) in [5.74, 6) is 0.148. The molecule has 0 aliphatic carbocycles. The number of imidazole rings is 1. The van der Waals surface area contributed by atoms with E-state index in [1.807, 2.05) is 18.2 Å². The van der Waals surface area contributed by atoms with Crippen molar-refractivity contribution in [1.82, 2.24) is 19.5 Å². The first kappa shape index (κ1) is 21.4. The molecule has 3 heterocycles. The van der Waals surface area contributed by atoms with E-state index in [1.165, 1.54) is 16.5 Å². The molecule has 1 aromatic carbocycles. The van der Waals surface area contributed by atoms with Crippen LogP contribution in [-0.2, 0) is 11.2 Å². The molecule has 2 aromatic heterocycles. The van der Waals surface area contributed by atoms with E-state index in [9.17, 15) is 15.3 Å². The summed E-state index contributed by atoms with van der Waals surface area (Å²) in [7, 11) is 0. The van der Waals surface area contributed by atoms with Gasteiger partial charge in [-0.15, -0.1) is 0 Å². The van der Waals surface area contributed by atoms with Gasteiger partial charge in [0.25, 0.3) is 0 Å². The van der Waals surface area contributed by atoms with E-state index < -0.39 is 31.1 Å². The highest BCUT2D eigenvalue weighted by Crippen LogP contribution is 2.32. The van der Waals surface area contributed by atoms with Crippen molar-refractivity contribution in [2.24, 2.45) is 0 Å². The van der Waals surface area contributed by atoms with Gasteiger partial charge in [0.05, 0.1) is 19.5 Å². The summed E-state index contributed by atoms with van der Waals surface area (Å²) in [5, 5.41) is 29.6. The lowest BCUT2D eigenvalue weighted by atomic mass is 10.1. The SMILES string of the molecule is Nc1nc(OCCCCCc2ccccc2)nc2c1ncn2[C@@H]1O[C@H](CO)[C@@H](O)[C@H]1O. The van der Waals surface area contributed by atoms with Gasteiger partial charge in [0.2, 0.25) is 0 Å². The van der Waals surface area contributed by atoms with Crippen LogP contribution in [-0.4, -0.2) is 66.4 Å². The third kappa shape index (κ3) is 4.62. The molecule has 10 heteroatoms. The summed E-state index contributed by atoms with van der Waals surface area (Å²) in [5.41, 5.74) is 7.98. The monoisotopic (exact) mass is 429 g/mol. The fraction of sp³-hybridized carbons (Fsp3) is 0.476. The van der Waals surface area contributed by atoms with Gasteiger partial charge in [-0.05, 0) is 31.2 Å². The fourth-order valence-corrected chi connectivity index (χ4v) is 3.69. The molecule has 166 valence electrons. The zero-order chi connectivity index (χ0) is 21.8. The number of ether oxygens (including phenoxy) is 2. The summed E-state index contributed by atoms with van der Waals surface area (Å²) in [6.45, 7) is 0.0266. The number of anilines is 1. The Morgan fingerprint density at radius 3 is 2.61 bits per heavy atom. The molecule has 0 saturated carbocycles. The number of hydrogen-bond donors (Lipinski definition) is 4. The largest absolute Gasteiger partial charge is 0.463 e. The quantitative estimate of drug-likeness (QED) is 0.363. The summed E-state index contributed by atoms with van der Waals surface area (Å²) in [6, 6.07) is 10.5. The fourth-order valence-electron chi connectivity index (χ4n) is 3.69. The van der Waals surface area contributed by atoms with Crippen LogP contribution in [0.3, 0.4) is 0 Å². The van der Waals surface area contributed by atoms with Gasteiger partial charge in [0.1, 0.15) is 18.3 Å². The maximum absolute atomic E-state index is 10.3. The number of fused-ring (bicyclic) bond motifs is 1. The molecule has 10 nitrogen and oxygen atoms in total. The van der Waals surface area contributed by atoms with E-state index >= 15 is 0 Å². The number of aryl methyl sites for hydroxylation is 1. The van der Waals surface area contributed by atoms with E-state index in [2.05, 4.69) is 27.1 Å². The Balaban J connectivity index is 1.37. The van der Waals surface area contributed by atoms with E-state index in [0.29, 0.717) is 17.8 Å². The van der Waals surface area contributed by atoms with Crippen molar-refractivity contribution >= 4 is 17.0 Å². The number of nitrogens with two attached hydrogens (primary N) is 1. The standard InChI is InChI=1S/C21H27N5O5/c22-18-15-19(26(12-23-15)20-17(29)16(28)14(11-27)31-20)25-21(24-18)30-10-6-2-5-9-13-7-3-1-4-8-13/h1,3-4,7-8,12,14,16-17,20,27-29H,2,5-6,9-11H2,(H2,22,24,25)/t14-,16-,17-,20-/m1/s1. The maximum atomic E-state index is 10.3. The molecule has 1 aliphatic heterocycles. The van der Waals surface area contributed by atoms with Crippen molar-refractivity contribution in [2.45, 2.75) is 50.2 Å². The van der Waals surface area contributed by atoms with Crippen molar-refractivity contribution in [1.29, 1.82) is 0 Å². The lowest BCUT2D eigenvalue weighted by Crippen LogP contribution is -2.33. The summed E-state index contributed by atoms with van der Waals surface area (Å²) < 4.78 is 12.7. The number of benzene rings is 1. The molecule has 3 aromatic rings. The number of unbranched alkanes of at least 4 members (excludes halogenated alkanes) is 2. The third-order valence-corrected chi connectivity index (χ3v) is 5.40. The van der Waals surface area contributed by atoms with Gasteiger partial charge in [0, 0.05) is 0 Å². The lowest BCUT2D eigenvalue weighted by Gasteiger charge is -2.16. The molecule has 5 N–H and O–H groups in total. The first-order chi connectivity index (χ1) is 15.1. The van der Waals surface area contributed by atoms with Crippen molar-refractivity contribution in [3.05, 3.63) is 42.2 Å².